The summed E-state index contributed by atoms with van der Waals surface area (Å²) in [6.45, 7) is 0.0794. The van der Waals surface area contributed by atoms with Gasteiger partial charge >= 0.3 is 0 Å². The molecule has 2 nitrogen and oxygen atoms in total. The van der Waals surface area contributed by atoms with Crippen LogP contribution in [0.4, 0.5) is 4.39 Å². The van der Waals surface area contributed by atoms with Crippen LogP contribution < -0.4 is 5.32 Å². The summed E-state index contributed by atoms with van der Waals surface area (Å²) in [7, 11) is 0. The molecule has 0 spiro atoms. The van der Waals surface area contributed by atoms with Gasteiger partial charge in [-0.25, -0.2) is 4.39 Å². The molecule has 2 aromatic carbocycles. The first kappa shape index (κ1) is 14.2. The van der Waals surface area contributed by atoms with E-state index >= 15 is 0 Å². The van der Waals surface area contributed by atoms with Gasteiger partial charge in [-0.2, -0.15) is 0 Å². The fourth-order valence-electron chi connectivity index (χ4n) is 3.14. The zero-order valence-electron chi connectivity index (χ0n) is 11.9. The molecule has 2 atom stereocenters. The molecule has 2 N–H and O–H groups in total. The molecule has 0 aliphatic heterocycles. The molecule has 0 saturated carbocycles. The number of fused-ring (bicyclic) bond motifs is 1. The predicted molar refractivity (Wildman–Crippen MR) is 81.6 cm³/mol. The summed E-state index contributed by atoms with van der Waals surface area (Å²) in [6.07, 6.45) is 2.43. The van der Waals surface area contributed by atoms with Crippen molar-refractivity contribution in [2.45, 2.75) is 31.3 Å². The highest BCUT2D eigenvalue weighted by atomic mass is 19.1. The Bertz CT molecular complexity index is 599. The van der Waals surface area contributed by atoms with E-state index in [9.17, 15) is 9.50 Å². The average Bonchev–Trinajstić information content (AvgIpc) is 2.92. The van der Waals surface area contributed by atoms with Crippen LogP contribution in [-0.4, -0.2) is 17.8 Å². The van der Waals surface area contributed by atoms with Crippen LogP contribution in [0.25, 0.3) is 0 Å². The quantitative estimate of drug-likeness (QED) is 0.885. The van der Waals surface area contributed by atoms with Crippen molar-refractivity contribution in [2.75, 3.05) is 6.61 Å². The Morgan fingerprint density at radius 2 is 1.95 bits per heavy atom. The van der Waals surface area contributed by atoms with Gasteiger partial charge in [0.05, 0.1) is 6.61 Å². The van der Waals surface area contributed by atoms with E-state index in [0.29, 0.717) is 0 Å². The molecule has 0 amide bonds. The van der Waals surface area contributed by atoms with Gasteiger partial charge in [-0.3, -0.25) is 0 Å². The Hall–Kier alpha value is -1.71. The van der Waals surface area contributed by atoms with Gasteiger partial charge in [0, 0.05) is 12.1 Å². The number of benzene rings is 2. The van der Waals surface area contributed by atoms with Gasteiger partial charge in [0.1, 0.15) is 5.82 Å². The Morgan fingerprint density at radius 1 is 1.14 bits per heavy atom. The van der Waals surface area contributed by atoms with Crippen LogP contribution in [0.15, 0.2) is 48.5 Å². The molecule has 0 radical (unpaired) electrons. The van der Waals surface area contributed by atoms with Crippen molar-refractivity contribution < 1.29 is 9.50 Å². The van der Waals surface area contributed by atoms with Crippen LogP contribution in [0.2, 0.25) is 0 Å². The second kappa shape index (κ2) is 6.37. The van der Waals surface area contributed by atoms with Gasteiger partial charge in [0.15, 0.2) is 0 Å². The van der Waals surface area contributed by atoms with E-state index in [1.807, 2.05) is 24.3 Å². The summed E-state index contributed by atoms with van der Waals surface area (Å²) < 4.78 is 13.8. The molecule has 0 bridgehead atoms. The summed E-state index contributed by atoms with van der Waals surface area (Å²) in [6, 6.07) is 15.5. The first-order valence-corrected chi connectivity index (χ1v) is 7.46. The molecule has 1 aliphatic carbocycles. The van der Waals surface area contributed by atoms with Gasteiger partial charge in [-0.15, -0.1) is 0 Å². The highest BCUT2D eigenvalue weighted by molar-refractivity contribution is 5.35. The standard InChI is InChI=1S/C18H20FNO/c19-17-8-4-7-16-15(17)9-10-18(16)20-14(12-21)11-13-5-2-1-3-6-13/h1-8,14,18,20-21H,9-12H2. The minimum Gasteiger partial charge on any atom is -0.395 e. The zero-order chi connectivity index (χ0) is 14.7. The van der Waals surface area contributed by atoms with Gasteiger partial charge in [-0.1, -0.05) is 42.5 Å². The lowest BCUT2D eigenvalue weighted by Crippen LogP contribution is -2.36. The highest BCUT2D eigenvalue weighted by Gasteiger charge is 2.26. The summed E-state index contributed by atoms with van der Waals surface area (Å²) >= 11 is 0. The topological polar surface area (TPSA) is 32.3 Å². The summed E-state index contributed by atoms with van der Waals surface area (Å²) in [4.78, 5) is 0. The van der Waals surface area contributed by atoms with Crippen molar-refractivity contribution in [2.24, 2.45) is 0 Å². The van der Waals surface area contributed by atoms with E-state index in [0.717, 1.165) is 30.4 Å². The lowest BCUT2D eigenvalue weighted by Gasteiger charge is -2.22. The molecular weight excluding hydrogens is 265 g/mol. The van der Waals surface area contributed by atoms with Crippen molar-refractivity contribution in [1.29, 1.82) is 0 Å². The average molecular weight is 285 g/mol. The number of nitrogens with one attached hydrogen (secondary N) is 1. The van der Waals surface area contributed by atoms with Crippen molar-refractivity contribution in [1.82, 2.24) is 5.32 Å². The van der Waals surface area contributed by atoms with Crippen molar-refractivity contribution in [3.8, 4) is 0 Å². The number of aliphatic hydroxyl groups excluding tert-OH is 1. The minimum atomic E-state index is -0.111. The van der Waals surface area contributed by atoms with E-state index in [4.69, 9.17) is 0 Å². The fraction of sp³-hybridized carbons (Fsp3) is 0.333. The molecule has 3 rings (SSSR count). The molecule has 3 heteroatoms. The van der Waals surface area contributed by atoms with Crippen molar-refractivity contribution >= 4 is 0 Å². The van der Waals surface area contributed by atoms with E-state index in [1.54, 1.807) is 6.07 Å². The number of hydrogen-bond acceptors (Lipinski definition) is 2. The molecule has 0 heterocycles. The smallest absolute Gasteiger partial charge is 0.126 e. The molecule has 1 aliphatic rings. The molecule has 0 fully saturated rings. The van der Waals surface area contributed by atoms with Crippen LogP contribution in [0, 0.1) is 5.82 Å². The molecule has 21 heavy (non-hydrogen) atoms. The third kappa shape index (κ3) is 3.14. The molecule has 0 saturated heterocycles. The SMILES string of the molecule is OCC(Cc1ccccc1)NC1CCc2c(F)cccc21. The Balaban J connectivity index is 1.70. The molecule has 0 aromatic heterocycles. The monoisotopic (exact) mass is 285 g/mol. The maximum Gasteiger partial charge on any atom is 0.126 e. The van der Waals surface area contributed by atoms with Crippen LogP contribution >= 0.6 is 0 Å². The molecule has 2 unspecified atom stereocenters. The van der Waals surface area contributed by atoms with E-state index in [2.05, 4.69) is 17.4 Å². The molecule has 110 valence electrons. The number of aliphatic hydroxyl groups is 1. The first-order valence-electron chi connectivity index (χ1n) is 7.46. The normalized spacial score (nSPS) is 18.5. The zero-order valence-corrected chi connectivity index (χ0v) is 11.9. The Kier molecular flexibility index (Phi) is 4.32. The second-order valence-electron chi connectivity index (χ2n) is 5.63. The van der Waals surface area contributed by atoms with Crippen LogP contribution in [0.1, 0.15) is 29.2 Å². The van der Waals surface area contributed by atoms with E-state index < -0.39 is 0 Å². The third-order valence-corrected chi connectivity index (χ3v) is 4.20. The van der Waals surface area contributed by atoms with E-state index in [1.165, 1.54) is 11.6 Å². The van der Waals surface area contributed by atoms with E-state index in [-0.39, 0.29) is 24.5 Å². The van der Waals surface area contributed by atoms with Crippen molar-refractivity contribution in [3.63, 3.8) is 0 Å². The second-order valence-corrected chi connectivity index (χ2v) is 5.63. The Labute approximate surface area is 124 Å². The van der Waals surface area contributed by atoms with Crippen LogP contribution in [0.3, 0.4) is 0 Å². The summed E-state index contributed by atoms with van der Waals surface area (Å²) in [5, 5.41) is 13.1. The van der Waals surface area contributed by atoms with Gasteiger partial charge in [0.25, 0.3) is 0 Å². The number of halogens is 1. The molecular formula is C18H20FNO. The van der Waals surface area contributed by atoms with Crippen LogP contribution in [0.5, 0.6) is 0 Å². The van der Waals surface area contributed by atoms with Gasteiger partial charge in [-0.05, 0) is 42.0 Å². The largest absolute Gasteiger partial charge is 0.395 e. The lowest BCUT2D eigenvalue weighted by molar-refractivity contribution is 0.230. The maximum atomic E-state index is 13.8. The number of rotatable bonds is 5. The van der Waals surface area contributed by atoms with Crippen molar-refractivity contribution in [3.05, 3.63) is 71.0 Å². The fourth-order valence-corrected chi connectivity index (χ4v) is 3.14. The third-order valence-electron chi connectivity index (χ3n) is 4.20. The highest BCUT2D eigenvalue weighted by Crippen LogP contribution is 2.33. The minimum absolute atomic E-state index is 0.00776. The van der Waals surface area contributed by atoms with Crippen LogP contribution in [-0.2, 0) is 12.8 Å². The number of hydrogen-bond donors (Lipinski definition) is 2. The summed E-state index contributed by atoms with van der Waals surface area (Å²) in [5.74, 6) is -0.111. The summed E-state index contributed by atoms with van der Waals surface area (Å²) in [5.41, 5.74) is 3.06. The maximum absolute atomic E-state index is 13.8. The lowest BCUT2D eigenvalue weighted by atomic mass is 10.0. The Morgan fingerprint density at radius 3 is 2.71 bits per heavy atom. The molecule has 2 aromatic rings. The first-order chi connectivity index (χ1) is 10.3. The van der Waals surface area contributed by atoms with Gasteiger partial charge in [0.2, 0.25) is 0 Å². The van der Waals surface area contributed by atoms with Gasteiger partial charge < -0.3 is 10.4 Å². The predicted octanol–water partition coefficient (Wildman–Crippen LogP) is 3.01.